The Morgan fingerprint density at radius 2 is 1.86 bits per heavy atom. The molecule has 2 bridgehead atoms. The van der Waals surface area contributed by atoms with Crippen LogP contribution in [0.25, 0.3) is 0 Å². The molecule has 1 amide bonds. The van der Waals surface area contributed by atoms with Gasteiger partial charge in [0.1, 0.15) is 5.82 Å². The van der Waals surface area contributed by atoms with Crippen molar-refractivity contribution in [3.05, 3.63) is 22.8 Å². The van der Waals surface area contributed by atoms with Gasteiger partial charge in [0.15, 0.2) is 0 Å². The molecule has 0 N–H and O–H groups in total. The smallest absolute Gasteiger partial charge is 0.255 e. The van der Waals surface area contributed by atoms with Gasteiger partial charge in [0.2, 0.25) is 0 Å². The van der Waals surface area contributed by atoms with Crippen molar-refractivity contribution in [1.29, 1.82) is 0 Å². The summed E-state index contributed by atoms with van der Waals surface area (Å²) in [6.45, 7) is 6.53. The van der Waals surface area contributed by atoms with Crippen LogP contribution in [0.2, 0.25) is 5.02 Å². The minimum Gasteiger partial charge on any atom is -0.378 e. The Hall–Kier alpha value is -1.37. The second-order valence-corrected chi connectivity index (χ2v) is 9.11. The van der Waals surface area contributed by atoms with Crippen LogP contribution >= 0.6 is 11.6 Å². The van der Waals surface area contributed by atoms with Gasteiger partial charge in [0.25, 0.3) is 5.91 Å². The van der Waals surface area contributed by atoms with Gasteiger partial charge in [-0.25, -0.2) is 4.98 Å². The van der Waals surface area contributed by atoms with Crippen LogP contribution in [0.1, 0.15) is 36.0 Å². The van der Waals surface area contributed by atoms with Crippen LogP contribution in [0.5, 0.6) is 0 Å². The van der Waals surface area contributed by atoms with Crippen LogP contribution in [-0.2, 0) is 4.74 Å². The third-order valence-electron chi connectivity index (χ3n) is 7.15. The van der Waals surface area contributed by atoms with Crippen LogP contribution in [0, 0.1) is 11.8 Å². The zero-order chi connectivity index (χ0) is 19.1. The number of fused-ring (bicyclic) bond motifs is 2. The maximum absolute atomic E-state index is 12.6. The molecular weight excluding hydrogens is 376 g/mol. The predicted octanol–water partition coefficient (Wildman–Crippen LogP) is 2.52. The van der Waals surface area contributed by atoms with E-state index in [1.165, 1.54) is 25.7 Å². The molecule has 1 aromatic heterocycles. The van der Waals surface area contributed by atoms with Gasteiger partial charge in [-0.2, -0.15) is 0 Å². The first kappa shape index (κ1) is 18.6. The Labute approximate surface area is 171 Å². The molecule has 4 fully saturated rings. The molecule has 2 aliphatic heterocycles. The summed E-state index contributed by atoms with van der Waals surface area (Å²) in [7, 11) is 0. The van der Waals surface area contributed by atoms with Gasteiger partial charge in [-0.05, 0) is 37.2 Å². The molecule has 5 rings (SSSR count). The summed E-state index contributed by atoms with van der Waals surface area (Å²) < 4.78 is 5.32. The molecule has 7 heteroatoms. The van der Waals surface area contributed by atoms with E-state index in [2.05, 4.69) is 14.8 Å². The van der Waals surface area contributed by atoms with E-state index in [4.69, 9.17) is 16.3 Å². The minimum absolute atomic E-state index is 0.00893. The monoisotopic (exact) mass is 404 g/mol. The van der Waals surface area contributed by atoms with Gasteiger partial charge in [0.05, 0.1) is 23.8 Å². The van der Waals surface area contributed by atoms with E-state index in [0.29, 0.717) is 36.9 Å². The van der Waals surface area contributed by atoms with E-state index in [9.17, 15) is 4.79 Å². The van der Waals surface area contributed by atoms with Crippen molar-refractivity contribution >= 4 is 23.3 Å². The van der Waals surface area contributed by atoms with Crippen LogP contribution < -0.4 is 4.90 Å². The number of anilines is 1. The second kappa shape index (κ2) is 7.81. The molecule has 6 nitrogen and oxygen atoms in total. The Balaban J connectivity index is 1.21. The van der Waals surface area contributed by atoms with E-state index < -0.39 is 0 Å². The summed E-state index contributed by atoms with van der Waals surface area (Å²) >= 11 is 6.55. The topological polar surface area (TPSA) is 48.9 Å². The van der Waals surface area contributed by atoms with Crippen molar-refractivity contribution in [2.45, 2.75) is 31.7 Å². The summed E-state index contributed by atoms with van der Waals surface area (Å²) in [5.41, 5.74) is 0.566. The van der Waals surface area contributed by atoms with E-state index in [1.54, 1.807) is 12.3 Å². The number of rotatable bonds is 3. The largest absolute Gasteiger partial charge is 0.378 e. The molecule has 2 saturated heterocycles. The molecular formula is C21H29ClN4O2. The lowest BCUT2D eigenvalue weighted by Crippen LogP contribution is -2.52. The highest BCUT2D eigenvalue weighted by atomic mass is 35.5. The normalized spacial score (nSPS) is 30.8. The molecule has 1 aromatic rings. The molecule has 3 atom stereocenters. The van der Waals surface area contributed by atoms with E-state index in [-0.39, 0.29) is 5.91 Å². The summed E-state index contributed by atoms with van der Waals surface area (Å²) in [4.78, 5) is 24.0. The van der Waals surface area contributed by atoms with E-state index >= 15 is 0 Å². The number of nitrogens with zero attached hydrogens (tertiary/aromatic N) is 4. The number of halogens is 1. The van der Waals surface area contributed by atoms with Gasteiger partial charge in [-0.15, -0.1) is 0 Å². The maximum Gasteiger partial charge on any atom is 0.255 e. The number of carbonyl (C=O) groups excluding carboxylic acids is 1. The quantitative estimate of drug-likeness (QED) is 0.774. The Morgan fingerprint density at radius 3 is 2.50 bits per heavy atom. The maximum atomic E-state index is 12.6. The molecule has 28 heavy (non-hydrogen) atoms. The number of hydrogen-bond acceptors (Lipinski definition) is 5. The highest BCUT2D eigenvalue weighted by Gasteiger charge is 2.42. The van der Waals surface area contributed by atoms with Gasteiger partial charge in [-0.1, -0.05) is 18.0 Å². The lowest BCUT2D eigenvalue weighted by atomic mass is 9.93. The molecule has 2 saturated carbocycles. The number of morpholine rings is 1. The number of hydrogen-bond donors (Lipinski definition) is 0. The molecule has 152 valence electrons. The highest BCUT2D eigenvalue weighted by Crippen LogP contribution is 2.46. The van der Waals surface area contributed by atoms with Crippen molar-refractivity contribution in [3.63, 3.8) is 0 Å². The van der Waals surface area contributed by atoms with Crippen LogP contribution in [0.3, 0.4) is 0 Å². The summed E-state index contributed by atoms with van der Waals surface area (Å²) in [5.74, 6) is 2.72. The van der Waals surface area contributed by atoms with Crippen molar-refractivity contribution in [2.24, 2.45) is 11.8 Å². The third-order valence-corrected chi connectivity index (χ3v) is 7.43. The average Bonchev–Trinajstić information content (AvgIpc) is 3.38. The molecule has 3 unspecified atom stereocenters. The number of aromatic nitrogens is 1. The second-order valence-electron chi connectivity index (χ2n) is 8.70. The van der Waals surface area contributed by atoms with Gasteiger partial charge >= 0.3 is 0 Å². The highest BCUT2D eigenvalue weighted by molar-refractivity contribution is 6.33. The number of pyridine rings is 1. The molecule has 0 spiro atoms. The number of ether oxygens (including phenoxy) is 1. The minimum atomic E-state index is -0.00893. The molecule has 2 aliphatic carbocycles. The first-order valence-electron chi connectivity index (χ1n) is 10.7. The lowest BCUT2D eigenvalue weighted by Gasteiger charge is -2.41. The van der Waals surface area contributed by atoms with Gasteiger partial charge in [0, 0.05) is 51.5 Å². The third kappa shape index (κ3) is 3.51. The predicted molar refractivity (Wildman–Crippen MR) is 109 cm³/mol. The fourth-order valence-electron chi connectivity index (χ4n) is 5.65. The van der Waals surface area contributed by atoms with Crippen molar-refractivity contribution in [3.8, 4) is 0 Å². The molecule has 3 heterocycles. The standard InChI is InChI=1S/C21H29ClN4O2/c22-18-13-17(21(27)26-7-9-28-10-8-26)14-23-20(18)25-5-3-24(4-6-25)19-12-15-1-2-16(19)11-15/h13-16,19H,1-12H2. The van der Waals surface area contributed by atoms with Gasteiger partial charge < -0.3 is 14.5 Å². The zero-order valence-electron chi connectivity index (χ0n) is 16.4. The number of amides is 1. The van der Waals surface area contributed by atoms with E-state index in [1.807, 2.05) is 4.90 Å². The zero-order valence-corrected chi connectivity index (χ0v) is 17.1. The van der Waals surface area contributed by atoms with E-state index in [0.717, 1.165) is 49.9 Å². The number of carbonyl (C=O) groups is 1. The Morgan fingerprint density at radius 1 is 1.07 bits per heavy atom. The lowest BCUT2D eigenvalue weighted by molar-refractivity contribution is 0.0302. The first-order valence-corrected chi connectivity index (χ1v) is 11.1. The number of piperazine rings is 1. The van der Waals surface area contributed by atoms with Crippen molar-refractivity contribution < 1.29 is 9.53 Å². The van der Waals surface area contributed by atoms with Crippen molar-refractivity contribution in [1.82, 2.24) is 14.8 Å². The Kier molecular flexibility index (Phi) is 5.20. The SMILES string of the molecule is O=C(c1cnc(N2CCN(C3CC4CCC3C4)CC2)c(Cl)c1)N1CCOCC1. The molecule has 0 radical (unpaired) electrons. The van der Waals surface area contributed by atoms with Crippen molar-refractivity contribution in [2.75, 3.05) is 57.4 Å². The summed E-state index contributed by atoms with van der Waals surface area (Å²) in [6, 6.07) is 2.59. The fourth-order valence-corrected chi connectivity index (χ4v) is 5.94. The average molecular weight is 405 g/mol. The Bertz CT molecular complexity index is 731. The molecule has 0 aromatic carbocycles. The van der Waals surface area contributed by atoms with Gasteiger partial charge in [-0.3, -0.25) is 9.69 Å². The van der Waals surface area contributed by atoms with Crippen LogP contribution in [0.15, 0.2) is 12.3 Å². The van der Waals surface area contributed by atoms with Crippen LogP contribution in [0.4, 0.5) is 5.82 Å². The summed E-state index contributed by atoms with van der Waals surface area (Å²) in [6.07, 6.45) is 7.43. The van der Waals surface area contributed by atoms with Crippen LogP contribution in [-0.4, -0.2) is 79.2 Å². The molecule has 4 aliphatic rings. The first-order chi connectivity index (χ1) is 13.7. The fraction of sp³-hybridized carbons (Fsp3) is 0.714. The summed E-state index contributed by atoms with van der Waals surface area (Å²) in [5, 5.41) is 0.576.